The van der Waals surface area contributed by atoms with Crippen molar-refractivity contribution in [2.75, 3.05) is 33.7 Å². The Morgan fingerprint density at radius 3 is 2.44 bits per heavy atom. The summed E-state index contributed by atoms with van der Waals surface area (Å²) in [7, 11) is 3.49. The Labute approximate surface area is 187 Å². The molecule has 2 heterocycles. The minimum absolute atomic E-state index is 0. The highest BCUT2D eigenvalue weighted by atomic mass is 127. The number of nitrogens with zero attached hydrogens (tertiary/aromatic N) is 2. The van der Waals surface area contributed by atoms with Crippen molar-refractivity contribution in [1.29, 1.82) is 0 Å². The summed E-state index contributed by atoms with van der Waals surface area (Å²) in [5, 5.41) is 10.9. The van der Waals surface area contributed by atoms with Crippen molar-refractivity contribution < 1.29 is 4.79 Å². The number of rotatable bonds is 8. The number of carbonyl (C=O) groups excluding carboxylic acids is 1. The molecule has 0 unspecified atom stereocenters. The molecule has 2 N–H and O–H groups in total. The second kappa shape index (κ2) is 11.7. The van der Waals surface area contributed by atoms with Crippen LogP contribution in [-0.4, -0.2) is 50.5 Å². The first-order valence-corrected chi connectivity index (χ1v) is 10.4. The monoisotopic (exact) mass is 520 g/mol. The number of thiophene rings is 2. The predicted octanol–water partition coefficient (Wildman–Crippen LogP) is 3.57. The van der Waals surface area contributed by atoms with Gasteiger partial charge in [-0.25, -0.2) is 4.99 Å². The second-order valence-electron chi connectivity index (χ2n) is 6.92. The molecule has 5 nitrogen and oxygen atoms in total. The SMILES string of the molecule is CN(C)C(=O)CN=C(NCCc1cccs1)NCC(C)(C)c1cccs1.I. The minimum Gasteiger partial charge on any atom is -0.356 e. The molecular formula is C19H29IN4OS2. The second-order valence-corrected chi connectivity index (χ2v) is 8.90. The van der Waals surface area contributed by atoms with Crippen molar-refractivity contribution >= 4 is 58.5 Å². The van der Waals surface area contributed by atoms with Crippen LogP contribution in [0.5, 0.6) is 0 Å². The Morgan fingerprint density at radius 2 is 1.85 bits per heavy atom. The topological polar surface area (TPSA) is 56.7 Å². The van der Waals surface area contributed by atoms with Gasteiger partial charge in [-0.3, -0.25) is 4.79 Å². The van der Waals surface area contributed by atoms with Gasteiger partial charge in [-0.1, -0.05) is 26.0 Å². The summed E-state index contributed by atoms with van der Waals surface area (Å²) in [6.45, 7) is 6.08. The molecule has 0 fully saturated rings. The van der Waals surface area contributed by atoms with Gasteiger partial charge in [0.25, 0.3) is 0 Å². The average molecular weight is 521 g/mol. The maximum Gasteiger partial charge on any atom is 0.243 e. The van der Waals surface area contributed by atoms with Gasteiger partial charge >= 0.3 is 0 Å². The lowest BCUT2D eigenvalue weighted by Crippen LogP contribution is -2.44. The molecule has 0 spiro atoms. The molecule has 2 aromatic rings. The fourth-order valence-corrected chi connectivity index (χ4v) is 3.84. The lowest BCUT2D eigenvalue weighted by atomic mass is 9.91. The highest BCUT2D eigenvalue weighted by molar-refractivity contribution is 14.0. The van der Waals surface area contributed by atoms with E-state index in [4.69, 9.17) is 0 Å². The van der Waals surface area contributed by atoms with Gasteiger partial charge in [0.2, 0.25) is 5.91 Å². The number of guanidine groups is 1. The molecule has 8 heteroatoms. The van der Waals surface area contributed by atoms with E-state index in [1.807, 2.05) is 0 Å². The Balaban J connectivity index is 0.00000364. The Hall–Kier alpha value is -1.13. The molecule has 0 saturated carbocycles. The smallest absolute Gasteiger partial charge is 0.243 e. The summed E-state index contributed by atoms with van der Waals surface area (Å²) in [5.74, 6) is 0.670. The number of nitrogens with one attached hydrogen (secondary N) is 2. The standard InChI is InChI=1S/C19H28N4OS2.HI/c1-19(2,16-8-6-12-26-16)14-22-18(21-13-17(24)23(3)4)20-10-9-15-7-5-11-25-15;/h5-8,11-12H,9-10,13-14H2,1-4H3,(H2,20,21,22);1H. The highest BCUT2D eigenvalue weighted by Crippen LogP contribution is 2.26. The fourth-order valence-electron chi connectivity index (χ4n) is 2.28. The quantitative estimate of drug-likeness (QED) is 0.318. The Bertz CT molecular complexity index is 697. The number of hydrogen-bond acceptors (Lipinski definition) is 4. The first kappa shape index (κ1) is 23.9. The number of hydrogen-bond donors (Lipinski definition) is 2. The summed E-state index contributed by atoms with van der Waals surface area (Å²) >= 11 is 3.51. The van der Waals surface area contributed by atoms with Crippen molar-refractivity contribution in [2.24, 2.45) is 4.99 Å². The molecule has 2 rings (SSSR count). The molecule has 150 valence electrons. The van der Waals surface area contributed by atoms with E-state index >= 15 is 0 Å². The number of likely N-dealkylation sites (N-methyl/N-ethyl adjacent to an activating group) is 1. The van der Waals surface area contributed by atoms with E-state index < -0.39 is 0 Å². The normalized spacial score (nSPS) is 11.6. The van der Waals surface area contributed by atoms with Crippen LogP contribution >= 0.6 is 46.7 Å². The summed E-state index contributed by atoms with van der Waals surface area (Å²) in [4.78, 5) is 20.5. The Morgan fingerprint density at radius 1 is 1.15 bits per heavy atom. The lowest BCUT2D eigenvalue weighted by Gasteiger charge is -2.25. The van der Waals surface area contributed by atoms with Gasteiger partial charge in [0.05, 0.1) is 0 Å². The molecule has 0 aromatic carbocycles. The van der Waals surface area contributed by atoms with Crippen LogP contribution in [-0.2, 0) is 16.6 Å². The zero-order chi connectivity index (χ0) is 19.0. The average Bonchev–Trinajstić information content (AvgIpc) is 3.30. The van der Waals surface area contributed by atoms with Crippen LogP contribution in [0, 0.1) is 0 Å². The minimum atomic E-state index is -0.0122. The first-order chi connectivity index (χ1) is 12.4. The number of amides is 1. The van der Waals surface area contributed by atoms with Crippen molar-refractivity contribution in [3.05, 3.63) is 44.8 Å². The zero-order valence-corrected chi connectivity index (χ0v) is 20.3. The predicted molar refractivity (Wildman–Crippen MR) is 128 cm³/mol. The maximum absolute atomic E-state index is 11.9. The third kappa shape index (κ3) is 8.18. The van der Waals surface area contributed by atoms with Crippen molar-refractivity contribution in [1.82, 2.24) is 15.5 Å². The molecule has 0 aliphatic rings. The van der Waals surface area contributed by atoms with Gasteiger partial charge < -0.3 is 15.5 Å². The summed E-state index contributed by atoms with van der Waals surface area (Å²) < 4.78 is 0. The summed E-state index contributed by atoms with van der Waals surface area (Å²) in [6.07, 6.45) is 0.939. The molecule has 0 atom stereocenters. The van der Waals surface area contributed by atoms with Gasteiger partial charge in [-0.15, -0.1) is 46.7 Å². The molecular weight excluding hydrogens is 491 g/mol. The summed E-state index contributed by atoms with van der Waals surface area (Å²) in [5.41, 5.74) is -0.00404. The third-order valence-corrected chi connectivity index (χ3v) is 6.17. The van der Waals surface area contributed by atoms with Gasteiger partial charge in [0, 0.05) is 42.4 Å². The zero-order valence-electron chi connectivity index (χ0n) is 16.3. The van der Waals surface area contributed by atoms with Crippen molar-refractivity contribution in [3.8, 4) is 0 Å². The van der Waals surface area contributed by atoms with Gasteiger partial charge in [0.15, 0.2) is 5.96 Å². The van der Waals surface area contributed by atoms with Crippen LogP contribution in [0.2, 0.25) is 0 Å². The van der Waals surface area contributed by atoms with Gasteiger partial charge in [0.1, 0.15) is 6.54 Å². The van der Waals surface area contributed by atoms with E-state index in [0.29, 0.717) is 5.96 Å². The molecule has 0 radical (unpaired) electrons. The van der Waals surface area contributed by atoms with Gasteiger partial charge in [-0.05, 0) is 29.3 Å². The largest absolute Gasteiger partial charge is 0.356 e. The number of aliphatic imine (C=N–C) groups is 1. The summed E-state index contributed by atoms with van der Waals surface area (Å²) in [6, 6.07) is 8.42. The fraction of sp³-hybridized carbons (Fsp3) is 0.474. The lowest BCUT2D eigenvalue weighted by molar-refractivity contribution is -0.127. The highest BCUT2D eigenvalue weighted by Gasteiger charge is 2.22. The van der Waals surface area contributed by atoms with Crippen LogP contribution in [0.15, 0.2) is 40.0 Å². The van der Waals surface area contributed by atoms with E-state index in [2.05, 4.69) is 64.5 Å². The van der Waals surface area contributed by atoms with E-state index in [1.54, 1.807) is 41.7 Å². The maximum atomic E-state index is 11.9. The van der Waals surface area contributed by atoms with Crippen molar-refractivity contribution in [3.63, 3.8) is 0 Å². The van der Waals surface area contributed by atoms with E-state index in [1.165, 1.54) is 9.75 Å². The number of carbonyl (C=O) groups is 1. The molecule has 0 aliphatic carbocycles. The van der Waals surface area contributed by atoms with Crippen LogP contribution in [0.3, 0.4) is 0 Å². The molecule has 0 saturated heterocycles. The van der Waals surface area contributed by atoms with Crippen LogP contribution in [0.25, 0.3) is 0 Å². The van der Waals surface area contributed by atoms with E-state index in [9.17, 15) is 4.79 Å². The molecule has 2 aromatic heterocycles. The molecule has 1 amide bonds. The molecule has 0 bridgehead atoms. The van der Waals surface area contributed by atoms with Gasteiger partial charge in [-0.2, -0.15) is 0 Å². The molecule has 27 heavy (non-hydrogen) atoms. The third-order valence-electron chi connectivity index (χ3n) is 4.00. The van der Waals surface area contributed by atoms with E-state index in [0.717, 1.165) is 19.5 Å². The van der Waals surface area contributed by atoms with Crippen LogP contribution in [0.1, 0.15) is 23.6 Å². The van der Waals surface area contributed by atoms with Crippen LogP contribution < -0.4 is 10.6 Å². The molecule has 0 aliphatic heterocycles. The van der Waals surface area contributed by atoms with E-state index in [-0.39, 0.29) is 41.8 Å². The van der Waals surface area contributed by atoms with Crippen molar-refractivity contribution in [2.45, 2.75) is 25.7 Å². The number of halogens is 1. The first-order valence-electron chi connectivity index (χ1n) is 8.67. The van der Waals surface area contributed by atoms with Crippen LogP contribution in [0.4, 0.5) is 0 Å². The Kier molecular flexibility index (Phi) is 10.3.